The summed E-state index contributed by atoms with van der Waals surface area (Å²) in [6.07, 6.45) is -0.644. The average Bonchev–Trinajstić information content (AvgIpc) is 2.45. The van der Waals surface area contributed by atoms with Gasteiger partial charge in [-0.15, -0.1) is 0 Å². The van der Waals surface area contributed by atoms with Gasteiger partial charge in [-0.25, -0.2) is 0 Å². The Labute approximate surface area is 120 Å². The molecular weight excluding hydrogens is 256 g/mol. The van der Waals surface area contributed by atoms with Crippen LogP contribution >= 0.6 is 0 Å². The Morgan fingerprint density at radius 1 is 1.40 bits per heavy atom. The van der Waals surface area contributed by atoms with Gasteiger partial charge in [-0.2, -0.15) is 5.26 Å². The highest BCUT2D eigenvalue weighted by Crippen LogP contribution is 2.16. The summed E-state index contributed by atoms with van der Waals surface area (Å²) >= 11 is 0. The Balaban J connectivity index is 2.33. The van der Waals surface area contributed by atoms with Crippen LogP contribution in [0.15, 0.2) is 24.3 Å². The second-order valence-electron chi connectivity index (χ2n) is 5.17. The Morgan fingerprint density at radius 2 is 2.10 bits per heavy atom. The molecule has 0 spiro atoms. The van der Waals surface area contributed by atoms with Crippen molar-refractivity contribution >= 4 is 0 Å². The van der Waals surface area contributed by atoms with Crippen molar-refractivity contribution in [3.8, 4) is 11.8 Å². The quantitative estimate of drug-likeness (QED) is 0.750. The van der Waals surface area contributed by atoms with E-state index >= 15 is 0 Å². The van der Waals surface area contributed by atoms with E-state index in [1.54, 1.807) is 31.4 Å². The van der Waals surface area contributed by atoms with Gasteiger partial charge in [-0.05, 0) is 26.0 Å². The summed E-state index contributed by atoms with van der Waals surface area (Å²) in [5, 5.41) is 21.9. The van der Waals surface area contributed by atoms with Gasteiger partial charge in [0, 0.05) is 20.2 Å². The molecule has 0 saturated heterocycles. The lowest BCUT2D eigenvalue weighted by atomic mass is 10.1. The lowest BCUT2D eigenvalue weighted by molar-refractivity contribution is 0.0191. The fraction of sp³-hybridized carbons (Fsp3) is 0.533. The Kier molecular flexibility index (Phi) is 6.46. The Bertz CT molecular complexity index is 455. The molecule has 110 valence electrons. The molecule has 0 radical (unpaired) electrons. The maximum Gasteiger partial charge on any atom is 0.137 e. The van der Waals surface area contributed by atoms with Gasteiger partial charge >= 0.3 is 0 Å². The number of nitrogens with zero attached hydrogens (tertiary/aromatic N) is 1. The standard InChI is InChI=1S/C15H22N2O3/c1-15(2,19-3)11-17-9-13(18)10-20-14-7-5-4-6-12(14)8-16/h4-7,13,17-18H,9-11H2,1-3H3. The highest BCUT2D eigenvalue weighted by Gasteiger charge is 2.16. The zero-order valence-corrected chi connectivity index (χ0v) is 12.2. The van der Waals surface area contributed by atoms with E-state index < -0.39 is 6.10 Å². The third kappa shape index (κ3) is 5.57. The topological polar surface area (TPSA) is 74.5 Å². The van der Waals surface area contributed by atoms with E-state index in [0.717, 1.165) is 0 Å². The number of nitriles is 1. The summed E-state index contributed by atoms with van der Waals surface area (Å²) < 4.78 is 10.7. The van der Waals surface area contributed by atoms with Gasteiger partial charge in [-0.3, -0.25) is 0 Å². The van der Waals surface area contributed by atoms with Crippen molar-refractivity contribution in [1.82, 2.24) is 5.32 Å². The third-order valence-corrected chi connectivity index (χ3v) is 2.92. The number of benzene rings is 1. The van der Waals surface area contributed by atoms with E-state index in [2.05, 4.69) is 11.4 Å². The third-order valence-electron chi connectivity index (χ3n) is 2.92. The number of aliphatic hydroxyl groups excluding tert-OH is 1. The van der Waals surface area contributed by atoms with Crippen LogP contribution in [0.25, 0.3) is 0 Å². The van der Waals surface area contributed by atoms with Gasteiger partial charge < -0.3 is 19.9 Å². The smallest absolute Gasteiger partial charge is 0.137 e. The number of hydrogen-bond acceptors (Lipinski definition) is 5. The van der Waals surface area contributed by atoms with E-state index in [0.29, 0.717) is 24.4 Å². The summed E-state index contributed by atoms with van der Waals surface area (Å²) in [5.74, 6) is 0.492. The molecule has 0 aliphatic heterocycles. The maximum atomic E-state index is 9.83. The average molecular weight is 278 g/mol. The first-order valence-electron chi connectivity index (χ1n) is 6.54. The lowest BCUT2D eigenvalue weighted by Gasteiger charge is -2.24. The minimum Gasteiger partial charge on any atom is -0.489 e. The normalized spacial score (nSPS) is 12.8. The molecule has 0 heterocycles. The summed E-state index contributed by atoms with van der Waals surface area (Å²) in [5.41, 5.74) is 0.196. The van der Waals surface area contributed by atoms with E-state index in [1.165, 1.54) is 0 Å². The van der Waals surface area contributed by atoms with Crippen molar-refractivity contribution in [1.29, 1.82) is 5.26 Å². The Hall–Kier alpha value is -1.61. The zero-order valence-electron chi connectivity index (χ0n) is 12.2. The second kappa shape index (κ2) is 7.85. The van der Waals surface area contributed by atoms with Crippen molar-refractivity contribution in [2.75, 3.05) is 26.8 Å². The lowest BCUT2D eigenvalue weighted by Crippen LogP contribution is -2.41. The molecule has 0 bridgehead atoms. The molecule has 20 heavy (non-hydrogen) atoms. The molecular formula is C15H22N2O3. The molecule has 1 unspecified atom stereocenters. The molecule has 0 amide bonds. The zero-order chi connectivity index (χ0) is 15.0. The van der Waals surface area contributed by atoms with Crippen LogP contribution in [0, 0.1) is 11.3 Å². The number of aliphatic hydroxyl groups is 1. The van der Waals surface area contributed by atoms with E-state index in [4.69, 9.17) is 14.7 Å². The van der Waals surface area contributed by atoms with Crippen LogP contribution in [-0.4, -0.2) is 43.6 Å². The first-order chi connectivity index (χ1) is 9.48. The molecule has 1 aromatic carbocycles. The Morgan fingerprint density at radius 3 is 2.75 bits per heavy atom. The summed E-state index contributed by atoms with van der Waals surface area (Å²) in [4.78, 5) is 0. The largest absolute Gasteiger partial charge is 0.489 e. The van der Waals surface area contributed by atoms with Gasteiger partial charge in [0.1, 0.15) is 24.5 Å². The summed E-state index contributed by atoms with van der Waals surface area (Å²) in [7, 11) is 1.65. The molecule has 0 fully saturated rings. The predicted molar refractivity (Wildman–Crippen MR) is 76.6 cm³/mol. The van der Waals surface area contributed by atoms with Crippen LogP contribution in [0.3, 0.4) is 0 Å². The van der Waals surface area contributed by atoms with Gasteiger partial charge in [0.15, 0.2) is 0 Å². The fourth-order valence-electron chi connectivity index (χ4n) is 1.54. The predicted octanol–water partition coefficient (Wildman–Crippen LogP) is 1.31. The van der Waals surface area contributed by atoms with Crippen LogP contribution in [0.5, 0.6) is 5.75 Å². The summed E-state index contributed by atoms with van der Waals surface area (Å²) in [6.45, 7) is 5.11. The fourth-order valence-corrected chi connectivity index (χ4v) is 1.54. The number of para-hydroxylation sites is 1. The molecule has 0 saturated carbocycles. The van der Waals surface area contributed by atoms with Crippen molar-refractivity contribution in [2.24, 2.45) is 0 Å². The maximum absolute atomic E-state index is 9.83. The van der Waals surface area contributed by atoms with Gasteiger partial charge in [-0.1, -0.05) is 12.1 Å². The molecule has 1 atom stereocenters. The van der Waals surface area contributed by atoms with Crippen molar-refractivity contribution < 1.29 is 14.6 Å². The van der Waals surface area contributed by atoms with Crippen LogP contribution in [0.4, 0.5) is 0 Å². The first-order valence-corrected chi connectivity index (χ1v) is 6.54. The van der Waals surface area contributed by atoms with Gasteiger partial charge in [0.05, 0.1) is 11.2 Å². The minimum atomic E-state index is -0.644. The molecule has 0 aliphatic carbocycles. The molecule has 0 aliphatic rings. The first kappa shape index (κ1) is 16.4. The molecule has 5 heteroatoms. The highest BCUT2D eigenvalue weighted by atomic mass is 16.5. The van der Waals surface area contributed by atoms with Gasteiger partial charge in [0.2, 0.25) is 0 Å². The van der Waals surface area contributed by atoms with Crippen molar-refractivity contribution in [2.45, 2.75) is 25.6 Å². The molecule has 0 aromatic heterocycles. The van der Waals surface area contributed by atoms with Crippen LogP contribution in [0.2, 0.25) is 0 Å². The molecule has 1 rings (SSSR count). The van der Waals surface area contributed by atoms with Crippen LogP contribution in [0.1, 0.15) is 19.4 Å². The van der Waals surface area contributed by atoms with Crippen molar-refractivity contribution in [3.63, 3.8) is 0 Å². The molecule has 5 nitrogen and oxygen atoms in total. The van der Waals surface area contributed by atoms with E-state index in [-0.39, 0.29) is 12.2 Å². The van der Waals surface area contributed by atoms with Crippen LogP contribution < -0.4 is 10.1 Å². The number of rotatable bonds is 8. The van der Waals surface area contributed by atoms with Gasteiger partial charge in [0.25, 0.3) is 0 Å². The van der Waals surface area contributed by atoms with Crippen molar-refractivity contribution in [3.05, 3.63) is 29.8 Å². The number of ether oxygens (including phenoxy) is 2. The number of methoxy groups -OCH3 is 1. The SMILES string of the molecule is COC(C)(C)CNCC(O)COc1ccccc1C#N. The van der Waals surface area contributed by atoms with E-state index in [9.17, 15) is 5.11 Å². The number of hydrogen-bond donors (Lipinski definition) is 2. The monoisotopic (exact) mass is 278 g/mol. The highest BCUT2D eigenvalue weighted by molar-refractivity contribution is 5.42. The molecule has 1 aromatic rings. The van der Waals surface area contributed by atoms with Crippen LogP contribution in [-0.2, 0) is 4.74 Å². The minimum absolute atomic E-state index is 0.138. The molecule has 2 N–H and O–H groups in total. The summed E-state index contributed by atoms with van der Waals surface area (Å²) in [6, 6.07) is 9.02. The number of nitrogens with one attached hydrogen (secondary N) is 1. The van der Waals surface area contributed by atoms with E-state index in [1.807, 2.05) is 13.8 Å². The second-order valence-corrected chi connectivity index (χ2v) is 5.17.